The van der Waals surface area contributed by atoms with Crippen LogP contribution in [0.1, 0.15) is 12.8 Å². The maximum atomic E-state index is 14.6. The van der Waals surface area contributed by atoms with Gasteiger partial charge in [0.05, 0.1) is 22.4 Å². The van der Waals surface area contributed by atoms with Gasteiger partial charge >= 0.3 is 10.9 Å². The highest BCUT2D eigenvalue weighted by Crippen LogP contribution is 2.34. The van der Waals surface area contributed by atoms with Crippen LogP contribution in [-0.4, -0.2) is 28.0 Å². The molecular weight excluding hydrogens is 345 g/mol. The first kappa shape index (κ1) is 15.6. The quantitative estimate of drug-likeness (QED) is 0.612. The molecule has 0 N–H and O–H groups in total. The van der Waals surface area contributed by atoms with E-state index in [0.717, 1.165) is 28.7 Å². The van der Waals surface area contributed by atoms with Crippen molar-refractivity contribution < 1.29 is 14.0 Å². The van der Waals surface area contributed by atoms with Crippen molar-refractivity contribution in [3.8, 4) is 12.3 Å². The zero-order valence-corrected chi connectivity index (χ0v) is 13.8. The summed E-state index contributed by atoms with van der Waals surface area (Å²) in [4.78, 5) is 39.0. The lowest BCUT2D eigenvalue weighted by atomic mass is 10.2. The van der Waals surface area contributed by atoms with Crippen molar-refractivity contribution in [1.29, 1.82) is 0 Å². The summed E-state index contributed by atoms with van der Waals surface area (Å²) in [5.74, 6) is 1.09. The third-order valence-corrected chi connectivity index (χ3v) is 5.23. The molecule has 4 rings (SSSR count). The fourth-order valence-corrected chi connectivity index (χ4v) is 4.04. The van der Waals surface area contributed by atoms with Crippen molar-refractivity contribution in [3.63, 3.8) is 0 Å². The lowest BCUT2D eigenvalue weighted by Gasteiger charge is -2.19. The van der Waals surface area contributed by atoms with Gasteiger partial charge in [-0.15, -0.1) is 6.42 Å². The molecule has 8 heteroatoms. The Labute approximate surface area is 145 Å². The van der Waals surface area contributed by atoms with Crippen molar-refractivity contribution in [3.05, 3.63) is 39.4 Å². The topological polar surface area (TPSA) is 62.6 Å². The van der Waals surface area contributed by atoms with E-state index in [9.17, 15) is 18.8 Å². The monoisotopic (exact) mass is 357 g/mol. The van der Waals surface area contributed by atoms with Crippen LogP contribution in [-0.2, 0) is 11.3 Å². The molecule has 0 atom stereocenters. The van der Waals surface area contributed by atoms with E-state index >= 15 is 0 Å². The Kier molecular flexibility index (Phi) is 3.47. The molecule has 2 aliphatic rings. The first-order valence-electron chi connectivity index (χ1n) is 7.65. The molecule has 1 fully saturated rings. The Bertz CT molecular complexity index is 1060. The Hall–Kier alpha value is -2.92. The summed E-state index contributed by atoms with van der Waals surface area (Å²) in [7, 11) is 0. The molecule has 3 heterocycles. The number of amides is 3. The molecular formula is C17H12FN3O3S. The minimum Gasteiger partial charge on any atom is -0.289 e. The van der Waals surface area contributed by atoms with Crippen LogP contribution >= 0.6 is 11.3 Å². The van der Waals surface area contributed by atoms with Gasteiger partial charge in [0, 0.05) is 6.54 Å². The maximum Gasteiger partial charge on any atom is 0.336 e. The third kappa shape index (κ3) is 2.20. The molecule has 126 valence electrons. The largest absolute Gasteiger partial charge is 0.336 e. The van der Waals surface area contributed by atoms with Crippen molar-refractivity contribution >= 4 is 39.2 Å². The zero-order valence-electron chi connectivity index (χ0n) is 13.0. The van der Waals surface area contributed by atoms with Crippen molar-refractivity contribution in [2.45, 2.75) is 19.4 Å². The van der Waals surface area contributed by atoms with E-state index in [4.69, 9.17) is 6.42 Å². The number of carbonyl (C=O) groups is 2. The fourth-order valence-electron chi connectivity index (χ4n) is 3.14. The first-order valence-corrected chi connectivity index (χ1v) is 8.47. The molecule has 6 nitrogen and oxygen atoms in total. The van der Waals surface area contributed by atoms with E-state index in [1.165, 1.54) is 15.5 Å². The van der Waals surface area contributed by atoms with Crippen LogP contribution in [0.2, 0.25) is 0 Å². The minimum atomic E-state index is -0.733. The predicted octanol–water partition coefficient (Wildman–Crippen LogP) is 2.28. The molecule has 2 aliphatic heterocycles. The number of allylic oxidation sites excluding steroid dienone is 1. The zero-order chi connectivity index (χ0) is 17.7. The number of carbonyl (C=O) groups excluding carboxylic acids is 2. The fraction of sp³-hybridized carbons (Fsp3) is 0.235. The van der Waals surface area contributed by atoms with E-state index < -0.39 is 17.8 Å². The Morgan fingerprint density at radius 1 is 1.28 bits per heavy atom. The van der Waals surface area contributed by atoms with E-state index in [-0.39, 0.29) is 22.8 Å². The van der Waals surface area contributed by atoms with Crippen LogP contribution in [0.3, 0.4) is 0 Å². The number of urea groups is 1. The molecule has 1 saturated heterocycles. The van der Waals surface area contributed by atoms with Gasteiger partial charge in [0.1, 0.15) is 11.5 Å². The maximum absolute atomic E-state index is 14.6. The molecule has 2 aromatic rings. The van der Waals surface area contributed by atoms with Crippen molar-refractivity contribution in [2.24, 2.45) is 0 Å². The summed E-state index contributed by atoms with van der Waals surface area (Å²) < 4.78 is 16.3. The molecule has 3 amide bonds. The van der Waals surface area contributed by atoms with Crippen LogP contribution < -0.4 is 9.77 Å². The van der Waals surface area contributed by atoms with Crippen molar-refractivity contribution in [2.75, 3.05) is 11.4 Å². The van der Waals surface area contributed by atoms with Gasteiger partial charge in [0.25, 0.3) is 5.91 Å². The summed E-state index contributed by atoms with van der Waals surface area (Å²) in [6.45, 7) is 0.458. The molecule has 1 aromatic heterocycles. The van der Waals surface area contributed by atoms with Gasteiger partial charge in [-0.3, -0.25) is 19.1 Å². The SMILES string of the molecule is C#CCn1c(=O)sc2cc(F)c(N3C(=O)C4=CCCCN4C3=O)cc21. The molecule has 0 bridgehead atoms. The number of thiazole rings is 1. The second-order valence-electron chi connectivity index (χ2n) is 5.74. The van der Waals surface area contributed by atoms with Crippen LogP contribution in [0, 0.1) is 18.2 Å². The van der Waals surface area contributed by atoms with Gasteiger partial charge in [-0.2, -0.15) is 0 Å². The van der Waals surface area contributed by atoms with Gasteiger partial charge in [0.2, 0.25) is 0 Å². The normalized spacial score (nSPS) is 17.0. The number of imide groups is 1. The van der Waals surface area contributed by atoms with E-state index in [1.807, 2.05) is 0 Å². The second kappa shape index (κ2) is 5.57. The number of aromatic nitrogens is 1. The van der Waals surface area contributed by atoms with Crippen LogP contribution in [0.25, 0.3) is 10.2 Å². The first-order chi connectivity index (χ1) is 12.0. The lowest BCUT2D eigenvalue weighted by Crippen LogP contribution is -2.34. The number of nitrogens with zero attached hydrogens (tertiary/aromatic N) is 3. The summed E-state index contributed by atoms with van der Waals surface area (Å²) in [6, 6.07) is 1.93. The minimum absolute atomic E-state index is 0.0308. The van der Waals surface area contributed by atoms with Gasteiger partial charge < -0.3 is 0 Å². The molecule has 0 unspecified atom stereocenters. The number of benzene rings is 1. The number of fused-ring (bicyclic) bond motifs is 2. The average molecular weight is 357 g/mol. The average Bonchev–Trinajstić information content (AvgIpc) is 3.03. The molecule has 1 aromatic carbocycles. The number of rotatable bonds is 2. The highest BCUT2D eigenvalue weighted by molar-refractivity contribution is 7.16. The summed E-state index contributed by atoms with van der Waals surface area (Å²) >= 11 is 0.867. The number of anilines is 1. The van der Waals surface area contributed by atoms with Crippen LogP contribution in [0.5, 0.6) is 0 Å². The number of hydrogen-bond donors (Lipinski definition) is 0. The summed E-state index contributed by atoms with van der Waals surface area (Å²) in [6.07, 6.45) is 8.43. The van der Waals surface area contributed by atoms with Gasteiger partial charge in [-0.05, 0) is 25.0 Å². The van der Waals surface area contributed by atoms with Crippen LogP contribution in [0.15, 0.2) is 28.7 Å². The number of hydrogen-bond acceptors (Lipinski definition) is 4. The molecule has 0 aliphatic carbocycles. The van der Waals surface area contributed by atoms with Gasteiger partial charge in [0.15, 0.2) is 0 Å². The van der Waals surface area contributed by atoms with Crippen molar-refractivity contribution in [1.82, 2.24) is 9.47 Å². The standard InChI is InChI=1S/C17H12FN3O3S/c1-2-6-20-13-9-12(10(18)8-14(13)25-17(20)24)21-15(22)11-5-3-4-7-19(11)16(21)23/h1,5,8-9H,3-4,6-7H2. The van der Waals surface area contributed by atoms with Gasteiger partial charge in [-0.25, -0.2) is 14.1 Å². The Morgan fingerprint density at radius 3 is 2.80 bits per heavy atom. The highest BCUT2D eigenvalue weighted by Gasteiger charge is 2.43. The Balaban J connectivity index is 1.89. The number of halogens is 1. The van der Waals surface area contributed by atoms with E-state index in [1.54, 1.807) is 6.08 Å². The summed E-state index contributed by atoms with van der Waals surface area (Å²) in [5.41, 5.74) is 0.521. The molecule has 25 heavy (non-hydrogen) atoms. The molecule has 0 radical (unpaired) electrons. The molecule has 0 spiro atoms. The van der Waals surface area contributed by atoms with Crippen LogP contribution in [0.4, 0.5) is 14.9 Å². The van der Waals surface area contributed by atoms with E-state index in [0.29, 0.717) is 23.2 Å². The number of terminal acetylenes is 1. The lowest BCUT2D eigenvalue weighted by molar-refractivity contribution is -0.114. The smallest absolute Gasteiger partial charge is 0.289 e. The van der Waals surface area contributed by atoms with Gasteiger partial charge in [-0.1, -0.05) is 23.3 Å². The highest BCUT2D eigenvalue weighted by atomic mass is 32.1. The van der Waals surface area contributed by atoms with E-state index in [2.05, 4.69) is 5.92 Å². The Morgan fingerprint density at radius 2 is 2.08 bits per heavy atom. The second-order valence-corrected chi connectivity index (χ2v) is 6.73. The predicted molar refractivity (Wildman–Crippen MR) is 91.8 cm³/mol. The summed E-state index contributed by atoms with van der Waals surface area (Å²) in [5, 5.41) is 0. The third-order valence-electron chi connectivity index (χ3n) is 4.29. The molecule has 0 saturated carbocycles.